The zero-order valence-electron chi connectivity index (χ0n) is 12.6. The Labute approximate surface area is 124 Å². The first-order chi connectivity index (χ1) is 9.90. The zero-order chi connectivity index (χ0) is 16.0. The van der Waals surface area contributed by atoms with Crippen LogP contribution in [0.1, 0.15) is 37.0 Å². The van der Waals surface area contributed by atoms with E-state index in [9.17, 15) is 9.59 Å². The molecule has 6 nitrogen and oxygen atoms in total. The van der Waals surface area contributed by atoms with E-state index in [1.54, 1.807) is 19.1 Å². The molecule has 0 saturated heterocycles. The van der Waals surface area contributed by atoms with E-state index in [1.165, 1.54) is 13.2 Å². The fourth-order valence-electron chi connectivity index (χ4n) is 2.08. The van der Waals surface area contributed by atoms with Gasteiger partial charge in [-0.3, -0.25) is 14.9 Å². The van der Waals surface area contributed by atoms with Crippen LogP contribution in [0.5, 0.6) is 5.75 Å². The lowest BCUT2D eigenvalue weighted by Gasteiger charge is -2.19. The van der Waals surface area contributed by atoms with E-state index in [0.717, 1.165) is 6.42 Å². The molecule has 4 N–H and O–H groups in total. The predicted molar refractivity (Wildman–Crippen MR) is 80.7 cm³/mol. The average Bonchev–Trinajstić information content (AvgIpc) is 2.45. The molecule has 1 aromatic rings. The molecule has 0 aromatic heterocycles. The predicted octanol–water partition coefficient (Wildman–Crippen LogP) is 1.69. The van der Waals surface area contributed by atoms with Gasteiger partial charge >= 0.3 is 5.97 Å². The Morgan fingerprint density at radius 1 is 1.43 bits per heavy atom. The highest BCUT2D eigenvalue weighted by molar-refractivity contribution is 6.01. The van der Waals surface area contributed by atoms with Crippen LogP contribution in [0.15, 0.2) is 18.2 Å². The summed E-state index contributed by atoms with van der Waals surface area (Å²) in [5.41, 5.74) is 6.57. The van der Waals surface area contributed by atoms with Gasteiger partial charge in [0.1, 0.15) is 11.8 Å². The van der Waals surface area contributed by atoms with Gasteiger partial charge in [-0.2, -0.15) is 0 Å². The van der Waals surface area contributed by atoms with Gasteiger partial charge in [-0.25, -0.2) is 0 Å². The van der Waals surface area contributed by atoms with E-state index < -0.39 is 18.1 Å². The highest BCUT2D eigenvalue weighted by Gasteiger charge is 2.23. The summed E-state index contributed by atoms with van der Waals surface area (Å²) >= 11 is 0. The van der Waals surface area contributed by atoms with Crippen LogP contribution in [0, 0.1) is 0 Å². The van der Waals surface area contributed by atoms with Crippen LogP contribution in [0.4, 0.5) is 5.69 Å². The van der Waals surface area contributed by atoms with Crippen molar-refractivity contribution in [3.8, 4) is 5.75 Å². The average molecular weight is 294 g/mol. The van der Waals surface area contributed by atoms with Gasteiger partial charge < -0.3 is 15.6 Å². The van der Waals surface area contributed by atoms with Gasteiger partial charge in [0.15, 0.2) is 5.78 Å². The largest absolute Gasteiger partial charge is 0.495 e. The van der Waals surface area contributed by atoms with Crippen molar-refractivity contribution >= 4 is 17.4 Å². The molecule has 0 heterocycles. The molecule has 0 aliphatic rings. The van der Waals surface area contributed by atoms with Crippen LogP contribution >= 0.6 is 0 Å². The molecule has 1 aromatic carbocycles. The summed E-state index contributed by atoms with van der Waals surface area (Å²) in [6.07, 6.45) is 1.19. The topological polar surface area (TPSA) is 102 Å². The summed E-state index contributed by atoms with van der Waals surface area (Å²) < 4.78 is 5.04. The van der Waals surface area contributed by atoms with E-state index in [1.807, 2.05) is 6.92 Å². The summed E-state index contributed by atoms with van der Waals surface area (Å²) in [5, 5.41) is 12.0. The zero-order valence-corrected chi connectivity index (χ0v) is 12.6. The Balaban J connectivity index is 2.82. The van der Waals surface area contributed by atoms with Crippen molar-refractivity contribution < 1.29 is 19.4 Å². The van der Waals surface area contributed by atoms with E-state index in [4.69, 9.17) is 15.6 Å². The van der Waals surface area contributed by atoms with E-state index in [2.05, 4.69) is 5.32 Å². The molecule has 21 heavy (non-hydrogen) atoms. The highest BCUT2D eigenvalue weighted by Crippen LogP contribution is 2.22. The third-order valence-electron chi connectivity index (χ3n) is 3.23. The minimum Gasteiger partial charge on any atom is -0.495 e. The summed E-state index contributed by atoms with van der Waals surface area (Å²) in [5.74, 6) is -0.654. The SMILES string of the molecule is CCCC(NC(C)C(=O)c1ccc(OC)c(N)c1)C(=O)O. The molecule has 116 valence electrons. The molecule has 6 heteroatoms. The molecule has 0 saturated carbocycles. The Bertz CT molecular complexity index is 516. The number of ketones is 1. The van der Waals surface area contributed by atoms with Gasteiger partial charge in [-0.1, -0.05) is 13.3 Å². The molecule has 0 fully saturated rings. The number of carbonyl (C=O) groups is 2. The summed E-state index contributed by atoms with van der Waals surface area (Å²) in [7, 11) is 1.50. The lowest BCUT2D eigenvalue weighted by Crippen LogP contribution is -2.45. The minimum atomic E-state index is -0.953. The highest BCUT2D eigenvalue weighted by atomic mass is 16.5. The number of carboxylic acid groups (broad SMARTS) is 1. The summed E-state index contributed by atoms with van der Waals surface area (Å²) in [6, 6.07) is 3.44. The smallest absolute Gasteiger partial charge is 0.320 e. The maximum absolute atomic E-state index is 12.3. The maximum Gasteiger partial charge on any atom is 0.320 e. The first kappa shape index (κ1) is 17.0. The summed E-state index contributed by atoms with van der Waals surface area (Å²) in [4.78, 5) is 23.4. The van der Waals surface area contributed by atoms with Crippen molar-refractivity contribution in [1.82, 2.24) is 5.32 Å². The number of aliphatic carboxylic acids is 1. The second-order valence-corrected chi connectivity index (χ2v) is 4.89. The van der Waals surface area contributed by atoms with Gasteiger partial charge in [-0.15, -0.1) is 0 Å². The van der Waals surface area contributed by atoms with E-state index in [0.29, 0.717) is 23.4 Å². The van der Waals surface area contributed by atoms with Gasteiger partial charge in [0, 0.05) is 5.56 Å². The number of carbonyl (C=O) groups excluding carboxylic acids is 1. The second-order valence-electron chi connectivity index (χ2n) is 4.89. The Kier molecular flexibility index (Phi) is 6.17. The number of nitrogens with one attached hydrogen (secondary N) is 1. The molecule has 0 aliphatic heterocycles. The van der Waals surface area contributed by atoms with Crippen LogP contribution in [-0.2, 0) is 4.79 Å². The summed E-state index contributed by atoms with van der Waals surface area (Å²) in [6.45, 7) is 3.54. The molecule has 0 bridgehead atoms. The number of nitrogens with two attached hydrogens (primary N) is 1. The van der Waals surface area contributed by atoms with Crippen LogP contribution in [-0.4, -0.2) is 36.1 Å². The lowest BCUT2D eigenvalue weighted by molar-refractivity contribution is -0.139. The van der Waals surface area contributed by atoms with Crippen LogP contribution in [0.2, 0.25) is 0 Å². The van der Waals surface area contributed by atoms with Crippen molar-refractivity contribution in [3.63, 3.8) is 0 Å². The lowest BCUT2D eigenvalue weighted by atomic mass is 10.0. The van der Waals surface area contributed by atoms with Crippen LogP contribution in [0.3, 0.4) is 0 Å². The Hall–Kier alpha value is -2.08. The fourth-order valence-corrected chi connectivity index (χ4v) is 2.08. The quantitative estimate of drug-likeness (QED) is 0.498. The van der Waals surface area contributed by atoms with E-state index >= 15 is 0 Å². The number of rotatable bonds is 8. The number of hydrogen-bond donors (Lipinski definition) is 3. The monoisotopic (exact) mass is 294 g/mol. The van der Waals surface area contributed by atoms with Crippen molar-refractivity contribution in [2.24, 2.45) is 0 Å². The third kappa shape index (κ3) is 4.46. The molecule has 0 aliphatic carbocycles. The first-order valence-corrected chi connectivity index (χ1v) is 6.87. The van der Waals surface area contributed by atoms with Gasteiger partial charge in [0.25, 0.3) is 0 Å². The number of anilines is 1. The molecular formula is C15H22N2O4. The molecule has 0 radical (unpaired) electrons. The fraction of sp³-hybridized carbons (Fsp3) is 0.467. The normalized spacial score (nSPS) is 13.5. The van der Waals surface area contributed by atoms with Crippen molar-refractivity contribution in [1.29, 1.82) is 0 Å². The molecule has 1 rings (SSSR count). The van der Waals surface area contributed by atoms with Crippen molar-refractivity contribution in [3.05, 3.63) is 23.8 Å². The van der Waals surface area contributed by atoms with E-state index in [-0.39, 0.29) is 5.78 Å². The van der Waals surface area contributed by atoms with Crippen LogP contribution < -0.4 is 15.8 Å². The molecule has 0 spiro atoms. The number of Topliss-reactive ketones (excluding diaryl/α,β-unsaturated/α-hetero) is 1. The van der Waals surface area contributed by atoms with Crippen molar-refractivity contribution in [2.75, 3.05) is 12.8 Å². The molecule has 2 unspecified atom stereocenters. The number of ether oxygens (including phenoxy) is 1. The Morgan fingerprint density at radius 2 is 2.10 bits per heavy atom. The number of carboxylic acids is 1. The van der Waals surface area contributed by atoms with Crippen molar-refractivity contribution in [2.45, 2.75) is 38.8 Å². The molecule has 0 amide bonds. The molecule has 2 atom stereocenters. The number of hydrogen-bond acceptors (Lipinski definition) is 5. The van der Waals surface area contributed by atoms with Gasteiger partial charge in [-0.05, 0) is 31.5 Å². The Morgan fingerprint density at radius 3 is 2.57 bits per heavy atom. The standard InChI is InChI=1S/C15H22N2O4/c1-4-5-12(15(19)20)17-9(2)14(18)10-6-7-13(21-3)11(16)8-10/h6-9,12,17H,4-5,16H2,1-3H3,(H,19,20). The number of benzene rings is 1. The number of nitrogen functional groups attached to an aromatic ring is 1. The molecular weight excluding hydrogens is 272 g/mol. The van der Waals surface area contributed by atoms with Gasteiger partial charge in [0.2, 0.25) is 0 Å². The van der Waals surface area contributed by atoms with Crippen LogP contribution in [0.25, 0.3) is 0 Å². The third-order valence-corrected chi connectivity index (χ3v) is 3.23. The minimum absolute atomic E-state index is 0.202. The second kappa shape index (κ2) is 7.64. The first-order valence-electron chi connectivity index (χ1n) is 6.87. The number of methoxy groups -OCH3 is 1. The maximum atomic E-state index is 12.3. The van der Waals surface area contributed by atoms with Gasteiger partial charge in [0.05, 0.1) is 18.8 Å².